The second kappa shape index (κ2) is 5.30. The number of fused-ring (bicyclic) bond motifs is 1. The molecule has 0 atom stereocenters. The van der Waals surface area contributed by atoms with E-state index in [9.17, 15) is 4.79 Å². The van der Waals surface area contributed by atoms with E-state index in [1.165, 1.54) is 0 Å². The molecule has 1 aromatic carbocycles. The van der Waals surface area contributed by atoms with Gasteiger partial charge in [0.1, 0.15) is 6.54 Å². The first-order chi connectivity index (χ1) is 9.02. The van der Waals surface area contributed by atoms with Gasteiger partial charge in [0.05, 0.1) is 17.6 Å². The van der Waals surface area contributed by atoms with E-state index < -0.39 is 0 Å². The van der Waals surface area contributed by atoms with Gasteiger partial charge in [0.2, 0.25) is 5.95 Å². The van der Waals surface area contributed by atoms with Gasteiger partial charge in [-0.25, -0.2) is 4.98 Å². The molecule has 102 valence electrons. The number of aryl methyl sites for hydroxylation is 2. The maximum atomic E-state index is 11.7. The number of carbonyl (C=O) groups is 1. The number of hydrogen-bond acceptors (Lipinski definition) is 4. The maximum Gasteiger partial charge on any atom is 0.326 e. The summed E-state index contributed by atoms with van der Waals surface area (Å²) in [6.45, 7) is 6.55. The van der Waals surface area contributed by atoms with Crippen LogP contribution in [0.1, 0.15) is 24.5 Å². The van der Waals surface area contributed by atoms with E-state index >= 15 is 0 Å². The topological polar surface area (TPSA) is 70.1 Å². The Hall–Kier alpha value is -2.04. The van der Waals surface area contributed by atoms with Gasteiger partial charge in [-0.1, -0.05) is 6.92 Å². The van der Waals surface area contributed by atoms with Gasteiger partial charge in [0, 0.05) is 0 Å². The maximum absolute atomic E-state index is 11.7. The molecule has 0 aliphatic carbocycles. The Morgan fingerprint density at radius 1 is 1.37 bits per heavy atom. The highest BCUT2D eigenvalue weighted by Gasteiger charge is 2.13. The number of nitrogen functional groups attached to an aromatic ring is 1. The summed E-state index contributed by atoms with van der Waals surface area (Å²) in [6.07, 6.45) is 0.810. The minimum absolute atomic E-state index is 0.102. The Bertz CT molecular complexity index is 617. The van der Waals surface area contributed by atoms with Crippen LogP contribution in [0.5, 0.6) is 0 Å². The van der Waals surface area contributed by atoms with Gasteiger partial charge in [0.15, 0.2) is 0 Å². The molecule has 0 aliphatic rings. The normalized spacial score (nSPS) is 10.9. The number of benzene rings is 1. The Morgan fingerprint density at radius 3 is 2.74 bits per heavy atom. The highest BCUT2D eigenvalue weighted by molar-refractivity contribution is 5.82. The van der Waals surface area contributed by atoms with Crippen molar-refractivity contribution in [1.82, 2.24) is 9.55 Å². The van der Waals surface area contributed by atoms with Crippen LogP contribution in [0.4, 0.5) is 5.95 Å². The monoisotopic (exact) mass is 261 g/mol. The molecule has 2 aromatic rings. The van der Waals surface area contributed by atoms with Gasteiger partial charge in [0.25, 0.3) is 0 Å². The largest absolute Gasteiger partial charge is 0.464 e. The van der Waals surface area contributed by atoms with E-state index in [1.54, 1.807) is 4.57 Å². The van der Waals surface area contributed by atoms with Crippen LogP contribution in [0.15, 0.2) is 12.1 Å². The molecular weight excluding hydrogens is 242 g/mol. The first-order valence-corrected chi connectivity index (χ1v) is 6.41. The van der Waals surface area contributed by atoms with E-state index in [4.69, 9.17) is 10.5 Å². The summed E-state index contributed by atoms with van der Waals surface area (Å²) in [5.41, 5.74) is 9.86. The molecule has 0 bridgehead atoms. The fraction of sp³-hybridized carbons (Fsp3) is 0.429. The van der Waals surface area contributed by atoms with Crippen molar-refractivity contribution in [3.63, 3.8) is 0 Å². The third kappa shape index (κ3) is 2.70. The number of aromatic nitrogens is 2. The molecule has 1 aromatic heterocycles. The summed E-state index contributed by atoms with van der Waals surface area (Å²) in [5.74, 6) is 0.0551. The quantitative estimate of drug-likeness (QED) is 0.856. The molecule has 5 nitrogen and oxygen atoms in total. The first-order valence-electron chi connectivity index (χ1n) is 6.41. The second-order valence-corrected chi connectivity index (χ2v) is 4.70. The van der Waals surface area contributed by atoms with Crippen molar-refractivity contribution >= 4 is 23.0 Å². The molecule has 2 rings (SSSR count). The fourth-order valence-corrected chi connectivity index (χ4v) is 1.96. The minimum atomic E-state index is -0.286. The van der Waals surface area contributed by atoms with E-state index in [0.29, 0.717) is 12.6 Å². The lowest BCUT2D eigenvalue weighted by atomic mass is 10.1. The average molecular weight is 261 g/mol. The number of rotatable bonds is 4. The number of esters is 1. The van der Waals surface area contributed by atoms with E-state index in [-0.39, 0.29) is 12.5 Å². The second-order valence-electron chi connectivity index (χ2n) is 4.70. The van der Waals surface area contributed by atoms with Crippen LogP contribution < -0.4 is 5.73 Å². The van der Waals surface area contributed by atoms with Crippen LogP contribution in [-0.4, -0.2) is 22.1 Å². The Kier molecular flexibility index (Phi) is 3.74. The lowest BCUT2D eigenvalue weighted by Gasteiger charge is -2.07. The molecule has 19 heavy (non-hydrogen) atoms. The van der Waals surface area contributed by atoms with Crippen LogP contribution in [0.25, 0.3) is 11.0 Å². The van der Waals surface area contributed by atoms with Crippen molar-refractivity contribution < 1.29 is 9.53 Å². The molecule has 0 amide bonds. The highest BCUT2D eigenvalue weighted by Crippen LogP contribution is 2.21. The van der Waals surface area contributed by atoms with Gasteiger partial charge in [-0.2, -0.15) is 0 Å². The van der Waals surface area contributed by atoms with Crippen LogP contribution in [-0.2, 0) is 16.1 Å². The number of hydrogen-bond donors (Lipinski definition) is 1. The molecule has 0 fully saturated rings. The summed E-state index contributed by atoms with van der Waals surface area (Å²) < 4.78 is 6.77. The number of carbonyl (C=O) groups excluding carboxylic acids is 1. The zero-order valence-corrected chi connectivity index (χ0v) is 11.6. The van der Waals surface area contributed by atoms with E-state index in [1.807, 2.05) is 32.9 Å². The minimum Gasteiger partial charge on any atom is -0.464 e. The van der Waals surface area contributed by atoms with Crippen molar-refractivity contribution in [2.24, 2.45) is 0 Å². The van der Waals surface area contributed by atoms with E-state index in [0.717, 1.165) is 28.6 Å². The van der Waals surface area contributed by atoms with Gasteiger partial charge < -0.3 is 10.5 Å². The summed E-state index contributed by atoms with van der Waals surface area (Å²) in [7, 11) is 0. The molecule has 0 saturated carbocycles. The van der Waals surface area contributed by atoms with Gasteiger partial charge >= 0.3 is 5.97 Å². The molecule has 2 N–H and O–H groups in total. The standard InChI is InChI=1S/C14H19N3O2/c1-4-5-19-13(18)8-17-12-7-10(3)9(2)6-11(12)16-14(17)15/h6-7H,4-5,8H2,1-3H3,(H2,15,16). The Morgan fingerprint density at radius 2 is 2.05 bits per heavy atom. The molecule has 0 spiro atoms. The lowest BCUT2D eigenvalue weighted by molar-refractivity contribution is -0.144. The summed E-state index contributed by atoms with van der Waals surface area (Å²) in [4.78, 5) is 16.0. The first kappa shape index (κ1) is 13.4. The number of ether oxygens (including phenoxy) is 1. The van der Waals surface area contributed by atoms with Crippen molar-refractivity contribution in [2.75, 3.05) is 12.3 Å². The lowest BCUT2D eigenvalue weighted by Crippen LogP contribution is -2.15. The number of anilines is 1. The zero-order chi connectivity index (χ0) is 14.0. The third-order valence-corrected chi connectivity index (χ3v) is 3.15. The third-order valence-electron chi connectivity index (χ3n) is 3.15. The summed E-state index contributed by atoms with van der Waals surface area (Å²) >= 11 is 0. The predicted molar refractivity (Wildman–Crippen MR) is 74.9 cm³/mol. The molecular formula is C14H19N3O2. The van der Waals surface area contributed by atoms with Crippen molar-refractivity contribution in [1.29, 1.82) is 0 Å². The van der Waals surface area contributed by atoms with Crippen LogP contribution in [0.2, 0.25) is 0 Å². The Labute approximate surface area is 112 Å². The number of imidazole rings is 1. The number of nitrogens with two attached hydrogens (primary N) is 1. The van der Waals surface area contributed by atoms with Crippen LogP contribution in [0, 0.1) is 13.8 Å². The van der Waals surface area contributed by atoms with Crippen molar-refractivity contribution in [3.05, 3.63) is 23.3 Å². The average Bonchev–Trinajstić information content (AvgIpc) is 2.64. The predicted octanol–water partition coefficient (Wildman–Crippen LogP) is 2.19. The van der Waals surface area contributed by atoms with Crippen molar-refractivity contribution in [3.8, 4) is 0 Å². The SMILES string of the molecule is CCCOC(=O)Cn1c(N)nc2cc(C)c(C)cc21. The zero-order valence-electron chi connectivity index (χ0n) is 11.6. The molecule has 0 aliphatic heterocycles. The fourth-order valence-electron chi connectivity index (χ4n) is 1.96. The van der Waals surface area contributed by atoms with Gasteiger partial charge in [-0.05, 0) is 43.5 Å². The Balaban J connectivity index is 2.34. The van der Waals surface area contributed by atoms with Crippen LogP contribution >= 0.6 is 0 Å². The molecule has 1 heterocycles. The summed E-state index contributed by atoms with van der Waals surface area (Å²) in [6, 6.07) is 3.98. The smallest absolute Gasteiger partial charge is 0.326 e. The van der Waals surface area contributed by atoms with Crippen LogP contribution in [0.3, 0.4) is 0 Å². The highest BCUT2D eigenvalue weighted by atomic mass is 16.5. The van der Waals surface area contributed by atoms with Gasteiger partial charge in [-0.3, -0.25) is 9.36 Å². The molecule has 5 heteroatoms. The molecule has 0 saturated heterocycles. The molecule has 0 radical (unpaired) electrons. The van der Waals surface area contributed by atoms with Crippen molar-refractivity contribution in [2.45, 2.75) is 33.7 Å². The van der Waals surface area contributed by atoms with E-state index in [2.05, 4.69) is 4.98 Å². The van der Waals surface area contributed by atoms with Gasteiger partial charge in [-0.15, -0.1) is 0 Å². The summed E-state index contributed by atoms with van der Waals surface area (Å²) in [5, 5.41) is 0. The number of nitrogens with zero attached hydrogens (tertiary/aromatic N) is 2. The molecule has 0 unspecified atom stereocenters.